The number of aryl methyl sites for hydroxylation is 2. The summed E-state index contributed by atoms with van der Waals surface area (Å²) in [7, 11) is 0. The van der Waals surface area contributed by atoms with Gasteiger partial charge in [0, 0.05) is 22.5 Å². The highest BCUT2D eigenvalue weighted by molar-refractivity contribution is 7.98. The number of thioether (sulfide) groups is 1. The second-order valence-electron chi connectivity index (χ2n) is 8.48. The maximum atomic E-state index is 13.8. The van der Waals surface area contributed by atoms with Gasteiger partial charge in [0.05, 0.1) is 18.3 Å². The van der Waals surface area contributed by atoms with Crippen molar-refractivity contribution in [3.63, 3.8) is 0 Å². The fraction of sp³-hybridized carbons (Fsp3) is 0.179. The van der Waals surface area contributed by atoms with E-state index in [9.17, 15) is 4.79 Å². The van der Waals surface area contributed by atoms with E-state index in [1.807, 2.05) is 36.9 Å². The molecule has 0 aliphatic carbocycles. The van der Waals surface area contributed by atoms with E-state index >= 15 is 0 Å². The molecule has 0 saturated heterocycles. The van der Waals surface area contributed by atoms with Gasteiger partial charge in [0.2, 0.25) is 0 Å². The maximum Gasteiger partial charge on any atom is 0.322 e. The summed E-state index contributed by atoms with van der Waals surface area (Å²) >= 11 is 1.72. The van der Waals surface area contributed by atoms with Gasteiger partial charge in [-0.05, 0) is 78.8 Å². The summed E-state index contributed by atoms with van der Waals surface area (Å²) in [6.07, 6.45) is 4.16. The number of para-hydroxylation sites is 1. The van der Waals surface area contributed by atoms with Crippen LogP contribution >= 0.6 is 11.8 Å². The Balaban J connectivity index is 1.63. The van der Waals surface area contributed by atoms with Crippen molar-refractivity contribution < 1.29 is 4.79 Å². The van der Waals surface area contributed by atoms with Crippen molar-refractivity contribution in [2.24, 2.45) is 0 Å². The number of nitrogens with one attached hydrogen (secondary N) is 1. The largest absolute Gasteiger partial charge is 0.322 e. The van der Waals surface area contributed by atoms with Crippen LogP contribution in [0.2, 0.25) is 0 Å². The van der Waals surface area contributed by atoms with Gasteiger partial charge in [-0.3, -0.25) is 0 Å². The van der Waals surface area contributed by atoms with Crippen LogP contribution in [0.4, 0.5) is 10.5 Å². The first-order valence-electron chi connectivity index (χ1n) is 11.1. The van der Waals surface area contributed by atoms with Gasteiger partial charge in [-0.2, -0.15) is 0 Å². The molecule has 0 saturated carbocycles. The zero-order valence-electron chi connectivity index (χ0n) is 19.1. The molecule has 1 aliphatic rings. The Morgan fingerprint density at radius 2 is 1.76 bits per heavy atom. The Hall–Kier alpha value is -3.44. The predicted molar refractivity (Wildman–Crippen MR) is 136 cm³/mol. The second kappa shape index (κ2) is 8.83. The topological polar surface area (TPSA) is 37.3 Å². The highest BCUT2D eigenvalue weighted by Gasteiger charge is 2.33. The van der Waals surface area contributed by atoms with Gasteiger partial charge in [-0.15, -0.1) is 11.8 Å². The van der Waals surface area contributed by atoms with Gasteiger partial charge in [0.1, 0.15) is 0 Å². The van der Waals surface area contributed by atoms with Gasteiger partial charge < -0.3 is 14.8 Å². The number of carbonyl (C=O) groups is 1. The fourth-order valence-electron chi connectivity index (χ4n) is 4.53. The Morgan fingerprint density at radius 3 is 2.55 bits per heavy atom. The summed E-state index contributed by atoms with van der Waals surface area (Å²) < 4.78 is 2.22. The van der Waals surface area contributed by atoms with Gasteiger partial charge >= 0.3 is 6.03 Å². The molecule has 1 aliphatic heterocycles. The van der Waals surface area contributed by atoms with Gasteiger partial charge in [0.25, 0.3) is 0 Å². The molecule has 1 atom stereocenters. The lowest BCUT2D eigenvalue weighted by Crippen LogP contribution is -2.38. The van der Waals surface area contributed by atoms with Gasteiger partial charge in [-0.25, -0.2) is 4.79 Å². The number of aromatic nitrogens is 1. The molecule has 5 rings (SSSR count). The van der Waals surface area contributed by atoms with Crippen molar-refractivity contribution in [2.75, 3.05) is 11.6 Å². The monoisotopic (exact) mass is 453 g/mol. The van der Waals surface area contributed by atoms with Gasteiger partial charge in [-0.1, -0.05) is 42.5 Å². The first-order valence-corrected chi connectivity index (χ1v) is 12.3. The number of hydrogen-bond acceptors (Lipinski definition) is 2. The minimum Gasteiger partial charge on any atom is -0.318 e. The molecule has 5 heteroatoms. The lowest BCUT2D eigenvalue weighted by atomic mass is 10.0. The van der Waals surface area contributed by atoms with E-state index in [-0.39, 0.29) is 12.1 Å². The Kier molecular flexibility index (Phi) is 5.73. The number of nitrogens with zero attached hydrogens (tertiary/aromatic N) is 2. The van der Waals surface area contributed by atoms with Crippen molar-refractivity contribution in [1.82, 2.24) is 9.47 Å². The number of rotatable bonds is 3. The molecular weight excluding hydrogens is 426 g/mol. The Bertz CT molecular complexity index is 1310. The molecule has 0 bridgehead atoms. The van der Waals surface area contributed by atoms with E-state index in [1.165, 1.54) is 4.90 Å². The van der Waals surface area contributed by atoms with Crippen LogP contribution in [0, 0.1) is 13.8 Å². The Morgan fingerprint density at radius 1 is 0.970 bits per heavy atom. The number of hydrogen-bond donors (Lipinski definition) is 1. The Labute approximate surface area is 199 Å². The van der Waals surface area contributed by atoms with Crippen LogP contribution < -0.4 is 5.32 Å². The zero-order valence-corrected chi connectivity index (χ0v) is 19.9. The third-order valence-electron chi connectivity index (χ3n) is 6.29. The summed E-state index contributed by atoms with van der Waals surface area (Å²) in [5, 5.41) is 3.20. The lowest BCUT2D eigenvalue weighted by molar-refractivity contribution is 0.194. The van der Waals surface area contributed by atoms with E-state index in [2.05, 4.69) is 83.0 Å². The summed E-state index contributed by atoms with van der Waals surface area (Å²) in [6.45, 7) is 4.58. The van der Waals surface area contributed by atoms with E-state index in [1.54, 1.807) is 11.8 Å². The molecular formula is C28H27N3OS. The molecule has 0 fully saturated rings. The number of carbonyl (C=O) groups excluding carboxylic acids is 1. The van der Waals surface area contributed by atoms with Crippen molar-refractivity contribution >= 4 is 23.5 Å². The number of benzene rings is 3. The molecule has 166 valence electrons. The number of fused-ring (bicyclic) bond motifs is 3. The van der Waals surface area contributed by atoms with Crippen LogP contribution in [0.5, 0.6) is 0 Å². The molecule has 1 N–H and O–H groups in total. The number of anilines is 1. The molecule has 2 amide bonds. The standard InChI is InChI=1S/C28H27N3OS/c1-19-10-11-20(2)24(17-19)29-28(32)31-18-22-7-4-5-8-25(22)30-16-6-9-26(30)27(31)21-12-14-23(33-3)15-13-21/h4-17,27H,18H2,1-3H3,(H,29,32)/t27-/m1/s1. The summed E-state index contributed by atoms with van der Waals surface area (Å²) in [5.74, 6) is 0. The van der Waals surface area contributed by atoms with Crippen LogP contribution in [0.3, 0.4) is 0 Å². The molecule has 1 aromatic heterocycles. The van der Waals surface area contributed by atoms with Gasteiger partial charge in [0.15, 0.2) is 0 Å². The lowest BCUT2D eigenvalue weighted by Gasteiger charge is -2.31. The summed E-state index contributed by atoms with van der Waals surface area (Å²) in [6, 6.07) is 26.9. The molecule has 0 unspecified atom stereocenters. The highest BCUT2D eigenvalue weighted by Crippen LogP contribution is 2.37. The molecule has 0 radical (unpaired) electrons. The highest BCUT2D eigenvalue weighted by atomic mass is 32.2. The normalized spacial score (nSPS) is 14.9. The third-order valence-corrected chi connectivity index (χ3v) is 7.03. The molecule has 3 aromatic carbocycles. The van der Waals surface area contributed by atoms with Crippen LogP contribution in [-0.2, 0) is 6.54 Å². The van der Waals surface area contributed by atoms with Crippen molar-refractivity contribution in [2.45, 2.75) is 31.3 Å². The van der Waals surface area contributed by atoms with E-state index < -0.39 is 0 Å². The molecule has 0 spiro atoms. The summed E-state index contributed by atoms with van der Waals surface area (Å²) in [5.41, 5.74) is 7.43. The fourth-order valence-corrected chi connectivity index (χ4v) is 4.94. The third kappa shape index (κ3) is 4.05. The zero-order chi connectivity index (χ0) is 22.9. The summed E-state index contributed by atoms with van der Waals surface area (Å²) in [4.78, 5) is 17.0. The number of urea groups is 1. The van der Waals surface area contributed by atoms with E-state index in [0.29, 0.717) is 6.54 Å². The second-order valence-corrected chi connectivity index (χ2v) is 9.36. The SMILES string of the molecule is CSc1ccc([C@@H]2c3cccn3-c3ccccc3CN2C(=O)Nc2cc(C)ccc2C)cc1. The van der Waals surface area contributed by atoms with E-state index in [4.69, 9.17) is 0 Å². The molecule has 4 aromatic rings. The van der Waals surface area contributed by atoms with Crippen LogP contribution in [0.25, 0.3) is 5.69 Å². The average Bonchev–Trinajstić information content (AvgIpc) is 3.26. The van der Waals surface area contributed by atoms with Crippen molar-refractivity contribution in [3.8, 4) is 5.69 Å². The minimum atomic E-state index is -0.214. The molecule has 33 heavy (non-hydrogen) atoms. The average molecular weight is 454 g/mol. The van der Waals surface area contributed by atoms with Crippen molar-refractivity contribution in [1.29, 1.82) is 0 Å². The first-order chi connectivity index (χ1) is 16.0. The molecule has 2 heterocycles. The quantitative estimate of drug-likeness (QED) is 0.341. The van der Waals surface area contributed by atoms with Crippen LogP contribution in [0.15, 0.2) is 90.0 Å². The van der Waals surface area contributed by atoms with Crippen LogP contribution in [-0.4, -0.2) is 21.8 Å². The maximum absolute atomic E-state index is 13.8. The van der Waals surface area contributed by atoms with E-state index in [0.717, 1.165) is 39.3 Å². The van der Waals surface area contributed by atoms with Crippen LogP contribution in [0.1, 0.15) is 34.0 Å². The van der Waals surface area contributed by atoms with Crippen molar-refractivity contribution in [3.05, 3.63) is 113 Å². The number of amides is 2. The first kappa shape index (κ1) is 21.4. The molecule has 4 nitrogen and oxygen atoms in total. The smallest absolute Gasteiger partial charge is 0.318 e. The minimum absolute atomic E-state index is 0.105. The predicted octanol–water partition coefficient (Wildman–Crippen LogP) is 6.95.